The fourth-order valence-electron chi connectivity index (χ4n) is 1.86. The summed E-state index contributed by atoms with van der Waals surface area (Å²) in [5.74, 6) is 0.399. The third-order valence-corrected chi connectivity index (χ3v) is 3.70. The Hall–Kier alpha value is -2.55. The van der Waals surface area contributed by atoms with E-state index < -0.39 is 0 Å². The Bertz CT molecular complexity index is 845. The molecule has 0 spiro atoms. The van der Waals surface area contributed by atoms with E-state index in [1.165, 1.54) is 4.68 Å². The molecule has 0 bridgehead atoms. The molecule has 8 nitrogen and oxygen atoms in total. The van der Waals surface area contributed by atoms with Gasteiger partial charge >= 0.3 is 5.69 Å². The van der Waals surface area contributed by atoms with Crippen molar-refractivity contribution < 1.29 is 4.74 Å². The van der Waals surface area contributed by atoms with Gasteiger partial charge < -0.3 is 4.74 Å². The highest BCUT2D eigenvalue weighted by atomic mass is 79.9. The summed E-state index contributed by atoms with van der Waals surface area (Å²) in [7, 11) is 1.54. The minimum atomic E-state index is -0.334. The van der Waals surface area contributed by atoms with E-state index in [1.54, 1.807) is 31.4 Å². The van der Waals surface area contributed by atoms with Gasteiger partial charge in [-0.05, 0) is 28.6 Å². The molecule has 0 saturated heterocycles. The number of aryl methyl sites for hydroxylation is 1. The Kier molecular flexibility index (Phi) is 3.96. The molecule has 0 aliphatic heterocycles. The van der Waals surface area contributed by atoms with Gasteiger partial charge in [0.2, 0.25) is 5.88 Å². The Labute approximate surface area is 133 Å². The van der Waals surface area contributed by atoms with Crippen molar-refractivity contribution >= 4 is 15.9 Å². The normalized spacial score (nSPS) is 10.6. The van der Waals surface area contributed by atoms with E-state index in [0.717, 1.165) is 14.7 Å². The highest BCUT2D eigenvalue weighted by Crippen LogP contribution is 2.23. The van der Waals surface area contributed by atoms with Crippen molar-refractivity contribution in [1.82, 2.24) is 30.0 Å². The molecule has 0 atom stereocenters. The van der Waals surface area contributed by atoms with E-state index >= 15 is 0 Å². The average Bonchev–Trinajstić information content (AvgIpc) is 2.86. The van der Waals surface area contributed by atoms with Crippen LogP contribution in [0, 0.1) is 0 Å². The van der Waals surface area contributed by atoms with E-state index in [9.17, 15) is 4.79 Å². The molecule has 2 aromatic heterocycles. The molecule has 0 saturated carbocycles. The number of aromatic nitrogens is 6. The number of ether oxygens (including phenoxy) is 1. The van der Waals surface area contributed by atoms with Gasteiger partial charge in [0.1, 0.15) is 6.61 Å². The number of benzene rings is 1. The summed E-state index contributed by atoms with van der Waals surface area (Å²) in [5, 5.41) is 15.2. The molecule has 0 radical (unpaired) electrons. The van der Waals surface area contributed by atoms with E-state index in [4.69, 9.17) is 4.74 Å². The molecular formula is C13H11BrN6O2. The van der Waals surface area contributed by atoms with Crippen LogP contribution in [0.5, 0.6) is 5.88 Å². The monoisotopic (exact) mass is 362 g/mol. The Balaban J connectivity index is 1.97. The summed E-state index contributed by atoms with van der Waals surface area (Å²) < 4.78 is 8.79. The van der Waals surface area contributed by atoms with Crippen LogP contribution in [0.3, 0.4) is 0 Å². The molecule has 1 aromatic carbocycles. The predicted octanol–water partition coefficient (Wildman–Crippen LogP) is 1.10. The van der Waals surface area contributed by atoms with Gasteiger partial charge in [0.25, 0.3) is 0 Å². The van der Waals surface area contributed by atoms with Gasteiger partial charge in [0.15, 0.2) is 0 Å². The average molecular weight is 363 g/mol. The number of rotatable bonds is 4. The third kappa shape index (κ3) is 2.75. The zero-order valence-corrected chi connectivity index (χ0v) is 13.1. The first kappa shape index (κ1) is 14.4. The second kappa shape index (κ2) is 6.06. The predicted molar refractivity (Wildman–Crippen MR) is 80.7 cm³/mol. The number of hydrogen-bond donors (Lipinski definition) is 0. The number of halogens is 1. The Morgan fingerprint density at radius 3 is 2.77 bits per heavy atom. The summed E-state index contributed by atoms with van der Waals surface area (Å²) in [5.41, 5.74) is 1.02. The standard InChI is InChI=1S/C13H11BrN6O2/c1-19-13(21)20(18-17-19)11-5-2-4-10(14)9(11)8-22-12-6-3-7-15-16-12/h2-7H,8H2,1H3. The molecule has 2 heterocycles. The quantitative estimate of drug-likeness (QED) is 0.690. The van der Waals surface area contributed by atoms with E-state index in [0.29, 0.717) is 11.6 Å². The molecule has 3 rings (SSSR count). The fourth-order valence-corrected chi connectivity index (χ4v) is 2.33. The molecule has 0 unspecified atom stereocenters. The maximum atomic E-state index is 12.0. The molecule has 3 aromatic rings. The van der Waals surface area contributed by atoms with Crippen LogP contribution < -0.4 is 10.4 Å². The molecule has 0 amide bonds. The highest BCUT2D eigenvalue weighted by molar-refractivity contribution is 9.10. The van der Waals surface area contributed by atoms with Gasteiger partial charge in [-0.25, -0.2) is 4.79 Å². The summed E-state index contributed by atoms with van der Waals surface area (Å²) in [6, 6.07) is 8.89. The van der Waals surface area contributed by atoms with E-state index in [1.807, 2.05) is 12.1 Å². The van der Waals surface area contributed by atoms with Crippen LogP contribution in [0.15, 0.2) is 45.8 Å². The number of hydrogen-bond acceptors (Lipinski definition) is 6. The van der Waals surface area contributed by atoms with Gasteiger partial charge in [-0.2, -0.15) is 14.5 Å². The molecule has 112 valence electrons. The molecular weight excluding hydrogens is 352 g/mol. The maximum Gasteiger partial charge on any atom is 0.368 e. The molecule has 9 heteroatoms. The minimum absolute atomic E-state index is 0.207. The first-order valence-corrected chi connectivity index (χ1v) is 7.13. The van der Waals surface area contributed by atoms with Crippen molar-refractivity contribution in [3.05, 3.63) is 57.0 Å². The SMILES string of the molecule is Cn1nnn(-c2cccc(Br)c2COc2cccnn2)c1=O. The van der Waals surface area contributed by atoms with Crippen LogP contribution in [0.1, 0.15) is 5.56 Å². The largest absolute Gasteiger partial charge is 0.472 e. The van der Waals surface area contributed by atoms with Gasteiger partial charge in [-0.3, -0.25) is 0 Å². The summed E-state index contributed by atoms with van der Waals surface area (Å²) >= 11 is 3.46. The van der Waals surface area contributed by atoms with E-state index in [-0.39, 0.29) is 12.3 Å². The number of nitrogens with zero attached hydrogens (tertiary/aromatic N) is 6. The van der Waals surface area contributed by atoms with Crippen LogP contribution in [-0.4, -0.2) is 30.0 Å². The minimum Gasteiger partial charge on any atom is -0.472 e. The Morgan fingerprint density at radius 2 is 2.09 bits per heavy atom. The fraction of sp³-hybridized carbons (Fsp3) is 0.154. The summed E-state index contributed by atoms with van der Waals surface area (Å²) in [4.78, 5) is 12.0. The second-order valence-corrected chi connectivity index (χ2v) is 5.24. The first-order valence-electron chi connectivity index (χ1n) is 6.34. The van der Waals surface area contributed by atoms with Crippen molar-refractivity contribution in [1.29, 1.82) is 0 Å². The summed E-state index contributed by atoms with van der Waals surface area (Å²) in [6.07, 6.45) is 1.57. The third-order valence-electron chi connectivity index (χ3n) is 2.96. The van der Waals surface area contributed by atoms with Crippen LogP contribution in [0.25, 0.3) is 5.69 Å². The van der Waals surface area contributed by atoms with Crippen LogP contribution in [0.2, 0.25) is 0 Å². The van der Waals surface area contributed by atoms with Crippen LogP contribution >= 0.6 is 15.9 Å². The van der Waals surface area contributed by atoms with Gasteiger partial charge in [-0.1, -0.05) is 22.0 Å². The molecule has 0 aliphatic carbocycles. The lowest BCUT2D eigenvalue weighted by molar-refractivity contribution is 0.289. The van der Waals surface area contributed by atoms with E-state index in [2.05, 4.69) is 36.6 Å². The lowest BCUT2D eigenvalue weighted by Crippen LogP contribution is -2.23. The highest BCUT2D eigenvalue weighted by Gasteiger charge is 2.14. The Morgan fingerprint density at radius 1 is 1.23 bits per heavy atom. The van der Waals surface area contributed by atoms with Gasteiger partial charge in [0, 0.05) is 29.3 Å². The number of tetrazole rings is 1. The zero-order valence-electron chi connectivity index (χ0n) is 11.5. The molecule has 0 fully saturated rings. The summed E-state index contributed by atoms with van der Waals surface area (Å²) in [6.45, 7) is 0.207. The van der Waals surface area contributed by atoms with Crippen molar-refractivity contribution in [2.24, 2.45) is 7.05 Å². The molecule has 22 heavy (non-hydrogen) atoms. The van der Waals surface area contributed by atoms with Gasteiger partial charge in [0.05, 0.1) is 5.69 Å². The van der Waals surface area contributed by atoms with Crippen molar-refractivity contribution in [2.75, 3.05) is 0 Å². The van der Waals surface area contributed by atoms with Crippen LogP contribution in [-0.2, 0) is 13.7 Å². The van der Waals surface area contributed by atoms with Crippen molar-refractivity contribution in [3.63, 3.8) is 0 Å². The lowest BCUT2D eigenvalue weighted by Gasteiger charge is -2.11. The second-order valence-electron chi connectivity index (χ2n) is 4.38. The maximum absolute atomic E-state index is 12.0. The molecule has 0 N–H and O–H groups in total. The topological polar surface area (TPSA) is 87.7 Å². The van der Waals surface area contributed by atoms with Crippen molar-refractivity contribution in [2.45, 2.75) is 6.61 Å². The zero-order chi connectivity index (χ0) is 15.5. The van der Waals surface area contributed by atoms with Gasteiger partial charge in [-0.15, -0.1) is 5.10 Å². The van der Waals surface area contributed by atoms with Crippen LogP contribution in [0.4, 0.5) is 0 Å². The smallest absolute Gasteiger partial charge is 0.368 e. The first-order chi connectivity index (χ1) is 10.7. The van der Waals surface area contributed by atoms with Crippen molar-refractivity contribution in [3.8, 4) is 11.6 Å². The molecule has 0 aliphatic rings. The lowest BCUT2D eigenvalue weighted by atomic mass is 10.2.